The third kappa shape index (κ3) is 7.10. The lowest BCUT2D eigenvalue weighted by Crippen LogP contribution is -2.43. The molecule has 8 heteroatoms. The van der Waals surface area contributed by atoms with Crippen LogP contribution >= 0.6 is 0 Å². The highest BCUT2D eigenvalue weighted by Gasteiger charge is 2.06. The first kappa shape index (κ1) is 21.6. The largest absolute Gasteiger partial charge is 0.484 e. The molecule has 2 N–H and O–H groups in total. The van der Waals surface area contributed by atoms with E-state index in [1.54, 1.807) is 12.1 Å². The van der Waals surface area contributed by atoms with Crippen molar-refractivity contribution >= 4 is 23.6 Å². The Hall–Kier alpha value is -3.68. The summed E-state index contributed by atoms with van der Waals surface area (Å²) < 4.78 is 5.39. The van der Waals surface area contributed by atoms with Crippen molar-refractivity contribution in [3.8, 4) is 5.75 Å². The molecule has 0 aromatic heterocycles. The van der Waals surface area contributed by atoms with E-state index in [1.165, 1.54) is 42.0 Å². The molecule has 0 saturated carbocycles. The maximum Gasteiger partial charge on any atom is 0.276 e. The summed E-state index contributed by atoms with van der Waals surface area (Å²) in [5.41, 5.74) is 6.27. The Morgan fingerprint density at radius 2 is 1.76 bits per heavy atom. The number of hydrogen-bond donors (Lipinski definition) is 2. The maximum absolute atomic E-state index is 11.8. The molecule has 0 bridgehead atoms. The van der Waals surface area contributed by atoms with Crippen LogP contribution in [0.25, 0.3) is 6.08 Å². The highest BCUT2D eigenvalue weighted by atomic mass is 16.6. The van der Waals surface area contributed by atoms with E-state index < -0.39 is 16.7 Å². The fraction of sp³-hybridized carbons (Fsp3) is 0.238. The summed E-state index contributed by atoms with van der Waals surface area (Å²) in [4.78, 5) is 33.6. The van der Waals surface area contributed by atoms with E-state index >= 15 is 0 Å². The number of benzene rings is 2. The van der Waals surface area contributed by atoms with Crippen molar-refractivity contribution in [2.24, 2.45) is 0 Å². The summed E-state index contributed by atoms with van der Waals surface area (Å²) in [7, 11) is 0. The standard InChI is InChI=1S/C21H23N3O5/c1-3-15(2)17-7-11-19(12-8-17)29-14-21(26)23-22-20(25)13-6-16-4-9-18(10-5-16)24(27)28/h4-13,15H,3,14H2,1-2H3,(H,22,25)(H,23,26)/b13-6+. The van der Waals surface area contributed by atoms with Gasteiger partial charge in [-0.3, -0.25) is 30.6 Å². The van der Waals surface area contributed by atoms with Gasteiger partial charge < -0.3 is 4.74 Å². The lowest BCUT2D eigenvalue weighted by atomic mass is 9.99. The number of nitro groups is 1. The average Bonchev–Trinajstić information content (AvgIpc) is 2.74. The monoisotopic (exact) mass is 397 g/mol. The number of non-ortho nitro benzene ring substituents is 1. The van der Waals surface area contributed by atoms with Gasteiger partial charge in [-0.25, -0.2) is 0 Å². The number of carbonyl (C=O) groups is 2. The molecule has 2 aromatic carbocycles. The predicted octanol–water partition coefficient (Wildman–Crippen LogP) is 3.35. The molecule has 8 nitrogen and oxygen atoms in total. The minimum atomic E-state index is -0.547. The van der Waals surface area contributed by atoms with Crippen molar-refractivity contribution < 1.29 is 19.2 Å². The summed E-state index contributed by atoms with van der Waals surface area (Å²) in [5.74, 6) is -0.0269. The summed E-state index contributed by atoms with van der Waals surface area (Å²) in [6.07, 6.45) is 3.72. The van der Waals surface area contributed by atoms with Crippen LogP contribution in [0.1, 0.15) is 37.3 Å². The van der Waals surface area contributed by atoms with Crippen LogP contribution in [-0.2, 0) is 9.59 Å². The molecular formula is C21H23N3O5. The Bertz CT molecular complexity index is 876. The molecule has 2 aromatic rings. The topological polar surface area (TPSA) is 111 Å². The molecule has 0 radical (unpaired) electrons. The van der Waals surface area contributed by atoms with Crippen LogP contribution in [0.15, 0.2) is 54.6 Å². The van der Waals surface area contributed by atoms with Crippen molar-refractivity contribution in [3.63, 3.8) is 0 Å². The molecule has 0 saturated heterocycles. The van der Waals surface area contributed by atoms with Crippen LogP contribution in [0.5, 0.6) is 5.75 Å². The van der Waals surface area contributed by atoms with Gasteiger partial charge in [-0.05, 0) is 53.8 Å². The summed E-state index contributed by atoms with van der Waals surface area (Å²) in [6.45, 7) is 4.02. The summed E-state index contributed by atoms with van der Waals surface area (Å²) >= 11 is 0. The molecular weight excluding hydrogens is 374 g/mol. The number of rotatable bonds is 8. The first-order valence-electron chi connectivity index (χ1n) is 9.13. The number of hydrazine groups is 1. The van der Waals surface area contributed by atoms with Gasteiger partial charge in [-0.15, -0.1) is 0 Å². The molecule has 1 atom stereocenters. The molecule has 2 amide bonds. The minimum Gasteiger partial charge on any atom is -0.484 e. The van der Waals surface area contributed by atoms with E-state index in [9.17, 15) is 19.7 Å². The number of nitro benzene ring substituents is 1. The van der Waals surface area contributed by atoms with Crippen LogP contribution in [0, 0.1) is 10.1 Å². The molecule has 2 rings (SSSR count). The van der Waals surface area contributed by atoms with Gasteiger partial charge >= 0.3 is 0 Å². The van der Waals surface area contributed by atoms with Gasteiger partial charge in [0.05, 0.1) is 4.92 Å². The summed E-state index contributed by atoms with van der Waals surface area (Å²) in [5, 5.41) is 10.6. The first-order valence-corrected chi connectivity index (χ1v) is 9.13. The van der Waals surface area contributed by atoms with Crippen molar-refractivity contribution in [2.45, 2.75) is 26.2 Å². The van der Waals surface area contributed by atoms with Gasteiger partial charge in [0, 0.05) is 18.2 Å². The Balaban J connectivity index is 1.74. The Morgan fingerprint density at radius 1 is 1.10 bits per heavy atom. The average molecular weight is 397 g/mol. The second-order valence-corrected chi connectivity index (χ2v) is 6.39. The van der Waals surface area contributed by atoms with Crippen LogP contribution in [0.3, 0.4) is 0 Å². The van der Waals surface area contributed by atoms with Crippen molar-refractivity contribution in [1.29, 1.82) is 0 Å². The fourth-order valence-electron chi connectivity index (χ4n) is 2.37. The zero-order valence-corrected chi connectivity index (χ0v) is 16.3. The second kappa shape index (κ2) is 10.6. The normalized spacial score (nSPS) is 11.7. The van der Waals surface area contributed by atoms with Gasteiger partial charge in [0.15, 0.2) is 6.61 Å². The minimum absolute atomic E-state index is 0.0339. The zero-order chi connectivity index (χ0) is 21.2. The number of amides is 2. The van der Waals surface area contributed by atoms with Crippen LogP contribution < -0.4 is 15.6 Å². The van der Waals surface area contributed by atoms with E-state index in [-0.39, 0.29) is 12.3 Å². The Kier molecular flexibility index (Phi) is 7.90. The molecule has 0 aliphatic heterocycles. The van der Waals surface area contributed by atoms with Gasteiger partial charge in [0.1, 0.15) is 5.75 Å². The lowest BCUT2D eigenvalue weighted by Gasteiger charge is -2.11. The Labute approximate surface area is 168 Å². The van der Waals surface area contributed by atoms with Gasteiger partial charge in [0.25, 0.3) is 17.5 Å². The van der Waals surface area contributed by atoms with Crippen LogP contribution in [0.2, 0.25) is 0 Å². The van der Waals surface area contributed by atoms with E-state index in [0.29, 0.717) is 17.2 Å². The van der Waals surface area contributed by atoms with Gasteiger partial charge in [-0.2, -0.15) is 0 Å². The predicted molar refractivity (Wildman–Crippen MR) is 109 cm³/mol. The molecule has 0 fully saturated rings. The number of nitrogens with one attached hydrogen (secondary N) is 2. The van der Waals surface area contributed by atoms with E-state index in [1.807, 2.05) is 12.1 Å². The van der Waals surface area contributed by atoms with Crippen molar-refractivity contribution in [3.05, 3.63) is 75.8 Å². The molecule has 0 aliphatic carbocycles. The molecule has 1 unspecified atom stereocenters. The molecule has 152 valence electrons. The third-order valence-electron chi connectivity index (χ3n) is 4.29. The highest BCUT2D eigenvalue weighted by molar-refractivity contribution is 5.93. The quantitative estimate of drug-likeness (QED) is 0.403. The van der Waals surface area contributed by atoms with E-state index in [2.05, 4.69) is 24.7 Å². The highest BCUT2D eigenvalue weighted by Crippen LogP contribution is 2.21. The van der Waals surface area contributed by atoms with Crippen LogP contribution in [-0.4, -0.2) is 23.3 Å². The smallest absolute Gasteiger partial charge is 0.276 e. The van der Waals surface area contributed by atoms with E-state index in [4.69, 9.17) is 4.74 Å². The maximum atomic E-state index is 11.8. The second-order valence-electron chi connectivity index (χ2n) is 6.39. The lowest BCUT2D eigenvalue weighted by molar-refractivity contribution is -0.384. The van der Waals surface area contributed by atoms with Crippen molar-refractivity contribution in [2.75, 3.05) is 6.61 Å². The SMILES string of the molecule is CCC(C)c1ccc(OCC(=O)NNC(=O)/C=C/c2ccc([N+](=O)[O-])cc2)cc1. The third-order valence-corrected chi connectivity index (χ3v) is 4.29. The summed E-state index contributed by atoms with van der Waals surface area (Å²) in [6, 6.07) is 13.2. The van der Waals surface area contributed by atoms with Gasteiger partial charge in [-0.1, -0.05) is 26.0 Å². The first-order chi connectivity index (χ1) is 13.9. The van der Waals surface area contributed by atoms with Crippen LogP contribution in [0.4, 0.5) is 5.69 Å². The molecule has 0 aliphatic rings. The van der Waals surface area contributed by atoms with Crippen molar-refractivity contribution in [1.82, 2.24) is 10.9 Å². The number of nitrogens with zero attached hydrogens (tertiary/aromatic N) is 1. The molecule has 0 spiro atoms. The zero-order valence-electron chi connectivity index (χ0n) is 16.3. The molecule has 0 heterocycles. The Morgan fingerprint density at radius 3 is 2.34 bits per heavy atom. The number of carbonyl (C=O) groups excluding carboxylic acids is 2. The van der Waals surface area contributed by atoms with E-state index in [0.717, 1.165) is 6.42 Å². The molecule has 29 heavy (non-hydrogen) atoms. The van der Waals surface area contributed by atoms with Gasteiger partial charge in [0.2, 0.25) is 0 Å². The number of hydrogen-bond acceptors (Lipinski definition) is 5. The number of ether oxygens (including phenoxy) is 1. The fourth-order valence-corrected chi connectivity index (χ4v) is 2.37.